The third kappa shape index (κ3) is 5.10. The molecule has 2 bridgehead atoms. The summed E-state index contributed by atoms with van der Waals surface area (Å²) in [6, 6.07) is -0.847. The normalized spacial score (nSPS) is 30.0. The van der Waals surface area contributed by atoms with Crippen molar-refractivity contribution in [1.29, 1.82) is 0 Å². The van der Waals surface area contributed by atoms with Crippen LogP contribution < -0.4 is 31.9 Å². The van der Waals surface area contributed by atoms with Gasteiger partial charge in [0.2, 0.25) is 0 Å². The third-order valence-corrected chi connectivity index (χ3v) is 8.83. The van der Waals surface area contributed by atoms with E-state index in [4.69, 9.17) is 33.0 Å². The van der Waals surface area contributed by atoms with Gasteiger partial charge in [-0.25, -0.2) is 0 Å². The number of hydrogen-bond acceptors (Lipinski definition) is 20. The molecule has 3 aromatic heterocycles. The summed E-state index contributed by atoms with van der Waals surface area (Å²) in [5.74, 6) is -4.43. The first kappa shape index (κ1) is 29.6. The van der Waals surface area contributed by atoms with Gasteiger partial charge < -0.3 is 0 Å². The first-order chi connectivity index (χ1) is 21.3. The summed E-state index contributed by atoms with van der Waals surface area (Å²) in [7, 11) is -10.6. The molecule has 4 atom stereocenters. The Labute approximate surface area is 249 Å². The Balaban J connectivity index is 1.26. The van der Waals surface area contributed by atoms with Crippen LogP contribution in [0.1, 0.15) is 5.76 Å². The van der Waals surface area contributed by atoms with Gasteiger partial charge in [0, 0.05) is 0 Å². The number of carbonyl (C=O) groups excluding carboxylic acids is 1. The number of nitrogens with zero attached hydrogens (tertiary/aromatic N) is 4. The second kappa shape index (κ2) is 10.5. The number of nitrogens with two attached hydrogens (primary N) is 1. The van der Waals surface area contributed by atoms with Crippen LogP contribution >= 0.6 is 16.3 Å². The average molecular weight is 677 g/mol. The van der Waals surface area contributed by atoms with E-state index in [2.05, 4.69) is 31.0 Å². The summed E-state index contributed by atoms with van der Waals surface area (Å²) in [5.41, 5.74) is 5.05. The van der Waals surface area contributed by atoms with Crippen LogP contribution in [0.2, 0.25) is 0 Å². The number of aromatic nitrogens is 4. The number of rotatable bonds is 2. The van der Waals surface area contributed by atoms with Crippen LogP contribution in [0.4, 0.5) is 0 Å². The van der Waals surface area contributed by atoms with E-state index in [9.17, 15) is 39.4 Å². The van der Waals surface area contributed by atoms with E-state index in [-0.39, 0.29) is 23.8 Å². The molecule has 2 unspecified atom stereocenters. The number of carbonyl (C=O) groups is 1. The van der Waals surface area contributed by atoms with E-state index >= 15 is 0 Å². The number of hydrogen-bond donors (Lipinski definition) is 11. The molecule has 0 aromatic carbocycles. The molecule has 2 saturated heterocycles. The number of nitrogens with one attached hydrogen (secondary N) is 4. The van der Waals surface area contributed by atoms with Gasteiger partial charge in [-0.3, -0.25) is 0 Å². The van der Waals surface area contributed by atoms with Crippen molar-refractivity contribution in [2.45, 2.75) is 31.2 Å². The van der Waals surface area contributed by atoms with Crippen molar-refractivity contribution in [2.75, 3.05) is 6.67 Å². The fraction of sp³-hybridized carbons (Fsp3) is 0.300. The van der Waals surface area contributed by atoms with Crippen molar-refractivity contribution in [3.8, 4) is 22.8 Å². The van der Waals surface area contributed by atoms with Gasteiger partial charge in [0.1, 0.15) is 0 Å². The molecule has 1 amide bonds. The van der Waals surface area contributed by atoms with Crippen LogP contribution in [0.5, 0.6) is 11.5 Å². The number of amides is 1. The second-order valence-electron chi connectivity index (χ2n) is 9.84. The summed E-state index contributed by atoms with van der Waals surface area (Å²) < 4.78 is 32.9. The van der Waals surface area contributed by atoms with Gasteiger partial charge in [-0.05, 0) is 0 Å². The molecule has 7 heterocycles. The standard InChI is InChI=1S/C20H25N9O14P2/c21-19-26-16-9(17(32)27-19)24-5-28(16)18-14-10(30)7(41-18)2-38-44(34,35)42-13-8(3-39-45(36,37)43-14)40-12(11(13)31)6-1-25-29-15(6)22-4-23-20(29)33/h1-2,4,9-10,16,19,24,26,30-31,34-37,44-45H,3,5,21H2,(H,27,32)(H,22,23,33)/b7-2+/t9-,10-,16?,19?/m1/s1. The van der Waals surface area contributed by atoms with E-state index < -0.39 is 93.7 Å². The maximum atomic E-state index is 12.4. The van der Waals surface area contributed by atoms with Gasteiger partial charge in [0.05, 0.1) is 0 Å². The zero-order valence-electron chi connectivity index (χ0n) is 22.3. The molecule has 23 nitrogen and oxygen atoms in total. The molecule has 4 aliphatic heterocycles. The fourth-order valence-corrected chi connectivity index (χ4v) is 6.63. The Kier molecular flexibility index (Phi) is 6.88. The summed E-state index contributed by atoms with van der Waals surface area (Å²) >= 11 is 0. The first-order valence-electron chi connectivity index (χ1n) is 12.8. The van der Waals surface area contributed by atoms with Gasteiger partial charge in [0.15, 0.2) is 0 Å². The second-order valence-corrected chi connectivity index (χ2v) is 13.0. The molecule has 3 aromatic rings. The van der Waals surface area contributed by atoms with Gasteiger partial charge in [-0.2, -0.15) is 0 Å². The van der Waals surface area contributed by atoms with Crippen molar-refractivity contribution >= 4 is 27.9 Å². The Morgan fingerprint density at radius 3 is 2.73 bits per heavy atom. The Hall–Kier alpha value is -4.12. The number of aromatic hydroxyl groups is 1. The molecule has 0 saturated carbocycles. The van der Waals surface area contributed by atoms with E-state index in [0.717, 1.165) is 17.0 Å². The van der Waals surface area contributed by atoms with E-state index in [1.54, 1.807) is 0 Å². The van der Waals surface area contributed by atoms with E-state index in [1.807, 2.05) is 0 Å². The van der Waals surface area contributed by atoms with Gasteiger partial charge in [-0.15, -0.1) is 0 Å². The van der Waals surface area contributed by atoms with Crippen LogP contribution in [-0.2, 0) is 29.7 Å². The monoisotopic (exact) mass is 677 g/mol. The molecular weight excluding hydrogens is 652 g/mol. The number of ether oxygens (including phenoxy) is 1. The minimum atomic E-state index is -5.32. The predicted molar refractivity (Wildman–Crippen MR) is 145 cm³/mol. The predicted octanol–water partition coefficient (Wildman–Crippen LogP) is -3.96. The molecule has 7 rings (SSSR count). The van der Waals surface area contributed by atoms with Crippen molar-refractivity contribution in [2.24, 2.45) is 5.73 Å². The van der Waals surface area contributed by atoms with E-state index in [1.165, 1.54) is 4.90 Å². The third-order valence-electron chi connectivity index (χ3n) is 6.93. The molecule has 4 aliphatic rings. The summed E-state index contributed by atoms with van der Waals surface area (Å²) in [6.07, 6.45) is -0.976. The van der Waals surface area contributed by atoms with Gasteiger partial charge >= 0.3 is 249 Å². The van der Waals surface area contributed by atoms with E-state index in [0.29, 0.717) is 6.26 Å². The molecule has 0 spiro atoms. The molecule has 2 fully saturated rings. The Morgan fingerprint density at radius 1 is 1.13 bits per heavy atom. The van der Waals surface area contributed by atoms with Crippen molar-refractivity contribution < 1.29 is 61.8 Å². The molecule has 0 radical (unpaired) electrons. The number of fused-ring (bicyclic) bond motifs is 5. The number of aromatic amines is 1. The number of aliphatic hydroxyl groups excluding tert-OH is 1. The van der Waals surface area contributed by atoms with Crippen LogP contribution in [-0.4, -0.2) is 91.4 Å². The van der Waals surface area contributed by atoms with Gasteiger partial charge in [-0.1, -0.05) is 0 Å². The zero-order valence-corrected chi connectivity index (χ0v) is 24.3. The summed E-state index contributed by atoms with van der Waals surface area (Å²) in [5, 5.41) is 34.1. The molecule has 25 heteroatoms. The molecule has 12 N–H and O–H groups in total. The number of aliphatic hydroxyl groups is 1. The number of H-pyrrole nitrogens is 1. The number of furan rings is 1. The van der Waals surface area contributed by atoms with Crippen LogP contribution in [0, 0.1) is 0 Å². The summed E-state index contributed by atoms with van der Waals surface area (Å²) in [4.78, 5) is 74.9. The maximum absolute atomic E-state index is 12.4. The Morgan fingerprint density at radius 2 is 1.93 bits per heavy atom. The minimum absolute atomic E-state index is 0.0404. The summed E-state index contributed by atoms with van der Waals surface area (Å²) in [6.45, 7) is -1.01. The fourth-order valence-electron chi connectivity index (χ4n) is 4.97. The van der Waals surface area contributed by atoms with Crippen molar-refractivity contribution in [1.82, 2.24) is 40.4 Å². The van der Waals surface area contributed by atoms with Crippen LogP contribution in [0.3, 0.4) is 0 Å². The topological polar surface area (TPSA) is 326 Å². The van der Waals surface area contributed by atoms with Crippen LogP contribution in [0.15, 0.2) is 45.4 Å². The molecule has 244 valence electrons. The van der Waals surface area contributed by atoms with Crippen molar-refractivity contribution in [3.63, 3.8) is 0 Å². The average Bonchev–Trinajstić information content (AvgIpc) is 3.72. The first-order valence-corrected chi connectivity index (χ1v) is 16.2. The zero-order chi connectivity index (χ0) is 31.8. The molecular formula is C20H25N9O14P2. The molecule has 0 aliphatic carbocycles. The van der Waals surface area contributed by atoms with Gasteiger partial charge in [0.25, 0.3) is 0 Å². The SMILES string of the molecule is NC1NC(=O)[C@@H]2NCN(C3=C4O[PH](O)(O)OCc5oc(-c6cnn7c(=O)[nH]cnc67)c(O)c5O[PH](O)(O)O/C=C(/O3)[C@H]4O)C2N1. The Bertz CT molecular complexity index is 1820. The van der Waals surface area contributed by atoms with Crippen molar-refractivity contribution in [3.05, 3.63) is 52.4 Å². The quantitative estimate of drug-likeness (QED) is 0.115. The molecule has 45 heavy (non-hydrogen) atoms. The van der Waals surface area contributed by atoms with Crippen LogP contribution in [0.25, 0.3) is 17.0 Å².